The number of nitrogens with one attached hydrogen (secondary N) is 1. The van der Waals surface area contributed by atoms with E-state index in [1.807, 2.05) is 0 Å². The number of nitrogens with two attached hydrogens (primary N) is 1. The number of nitrogens with zero attached hydrogens (tertiary/aromatic N) is 2. The maximum atomic E-state index is 12.2. The zero-order valence-electron chi connectivity index (χ0n) is 12.2. The molecule has 2 rings (SSSR count). The number of anilines is 1. The van der Waals surface area contributed by atoms with Crippen LogP contribution in [0.1, 0.15) is 52.0 Å². The summed E-state index contributed by atoms with van der Waals surface area (Å²) in [5.41, 5.74) is 5.98. The predicted octanol–water partition coefficient (Wildman–Crippen LogP) is 1.90. The summed E-state index contributed by atoms with van der Waals surface area (Å²) < 4.78 is 28.7. The van der Waals surface area contributed by atoms with Gasteiger partial charge in [-0.2, -0.15) is 5.10 Å². The van der Waals surface area contributed by atoms with E-state index in [2.05, 4.69) is 23.7 Å². The van der Waals surface area contributed by atoms with Crippen molar-refractivity contribution in [1.82, 2.24) is 14.5 Å². The molecule has 3 N–H and O–H groups in total. The third-order valence-electron chi connectivity index (χ3n) is 3.77. The molecule has 7 heteroatoms. The fraction of sp³-hybridized carbons (Fsp3) is 0.769. The summed E-state index contributed by atoms with van der Waals surface area (Å²) in [5, 5.41) is 4.18. The lowest BCUT2D eigenvalue weighted by Gasteiger charge is -2.12. The molecule has 0 aliphatic heterocycles. The average molecular weight is 300 g/mol. The van der Waals surface area contributed by atoms with Crippen LogP contribution in [0.25, 0.3) is 0 Å². The SMILES string of the molecule is CC(C)CCNS(=O)(=O)c1cnn(C2CCCC2)c1N. The van der Waals surface area contributed by atoms with Gasteiger partial charge in [0.05, 0.1) is 12.2 Å². The van der Waals surface area contributed by atoms with Crippen LogP contribution in [0.4, 0.5) is 5.82 Å². The van der Waals surface area contributed by atoms with Gasteiger partial charge in [-0.15, -0.1) is 0 Å². The van der Waals surface area contributed by atoms with Crippen molar-refractivity contribution in [2.45, 2.75) is 56.9 Å². The number of nitrogen functional groups attached to an aromatic ring is 1. The first-order valence-electron chi connectivity index (χ1n) is 7.24. The van der Waals surface area contributed by atoms with Gasteiger partial charge in [-0.25, -0.2) is 17.8 Å². The van der Waals surface area contributed by atoms with Crippen molar-refractivity contribution in [1.29, 1.82) is 0 Å². The summed E-state index contributed by atoms with van der Waals surface area (Å²) in [7, 11) is -3.55. The van der Waals surface area contributed by atoms with E-state index >= 15 is 0 Å². The Bertz CT molecular complexity index is 545. The molecule has 0 bridgehead atoms. The summed E-state index contributed by atoms with van der Waals surface area (Å²) in [6.07, 6.45) is 6.51. The van der Waals surface area contributed by atoms with Crippen molar-refractivity contribution >= 4 is 15.8 Å². The van der Waals surface area contributed by atoms with Gasteiger partial charge in [0, 0.05) is 6.54 Å². The van der Waals surface area contributed by atoms with Crippen LogP contribution < -0.4 is 10.5 Å². The van der Waals surface area contributed by atoms with Gasteiger partial charge in [0.2, 0.25) is 10.0 Å². The minimum atomic E-state index is -3.55. The highest BCUT2D eigenvalue weighted by atomic mass is 32.2. The molecule has 1 heterocycles. The van der Waals surface area contributed by atoms with Crippen LogP contribution in [0.15, 0.2) is 11.1 Å². The van der Waals surface area contributed by atoms with Crippen LogP contribution in [0.3, 0.4) is 0 Å². The third kappa shape index (κ3) is 3.32. The lowest BCUT2D eigenvalue weighted by atomic mass is 10.1. The van der Waals surface area contributed by atoms with E-state index in [1.54, 1.807) is 4.68 Å². The van der Waals surface area contributed by atoms with Crippen molar-refractivity contribution in [3.05, 3.63) is 6.20 Å². The number of rotatable bonds is 6. The Hall–Kier alpha value is -1.08. The minimum absolute atomic E-state index is 0.105. The van der Waals surface area contributed by atoms with Gasteiger partial charge < -0.3 is 5.73 Å². The van der Waals surface area contributed by atoms with Crippen molar-refractivity contribution in [3.8, 4) is 0 Å². The zero-order valence-corrected chi connectivity index (χ0v) is 13.0. The summed E-state index contributed by atoms with van der Waals surface area (Å²) in [6.45, 7) is 4.54. The number of sulfonamides is 1. The highest BCUT2D eigenvalue weighted by Crippen LogP contribution is 2.32. The van der Waals surface area contributed by atoms with Gasteiger partial charge in [-0.3, -0.25) is 0 Å². The Balaban J connectivity index is 2.11. The van der Waals surface area contributed by atoms with Gasteiger partial charge in [0.1, 0.15) is 10.7 Å². The van der Waals surface area contributed by atoms with Gasteiger partial charge in [0.15, 0.2) is 0 Å². The molecule has 20 heavy (non-hydrogen) atoms. The fourth-order valence-corrected chi connectivity index (χ4v) is 3.66. The third-order valence-corrected chi connectivity index (χ3v) is 5.25. The average Bonchev–Trinajstić information content (AvgIpc) is 2.96. The Morgan fingerprint density at radius 1 is 1.45 bits per heavy atom. The lowest BCUT2D eigenvalue weighted by Crippen LogP contribution is -2.26. The van der Waals surface area contributed by atoms with E-state index in [0.29, 0.717) is 12.5 Å². The molecule has 0 radical (unpaired) electrons. The monoisotopic (exact) mass is 300 g/mol. The maximum Gasteiger partial charge on any atom is 0.245 e. The zero-order chi connectivity index (χ0) is 14.8. The normalized spacial score (nSPS) is 17.1. The van der Waals surface area contributed by atoms with E-state index in [-0.39, 0.29) is 16.8 Å². The van der Waals surface area contributed by atoms with Gasteiger partial charge in [0.25, 0.3) is 0 Å². The molecular formula is C13H24N4O2S. The summed E-state index contributed by atoms with van der Waals surface area (Å²) in [6, 6.07) is 0.245. The van der Waals surface area contributed by atoms with E-state index < -0.39 is 10.0 Å². The molecule has 0 unspecified atom stereocenters. The summed E-state index contributed by atoms with van der Waals surface area (Å²) in [5.74, 6) is 0.713. The minimum Gasteiger partial charge on any atom is -0.383 e. The van der Waals surface area contributed by atoms with Crippen molar-refractivity contribution in [2.75, 3.05) is 12.3 Å². The largest absolute Gasteiger partial charge is 0.383 e. The van der Waals surface area contributed by atoms with Crippen LogP contribution in [-0.2, 0) is 10.0 Å². The molecule has 6 nitrogen and oxygen atoms in total. The van der Waals surface area contributed by atoms with Crippen LogP contribution >= 0.6 is 0 Å². The number of hydrogen-bond donors (Lipinski definition) is 2. The molecule has 1 aliphatic rings. The predicted molar refractivity (Wildman–Crippen MR) is 78.8 cm³/mol. The number of hydrogen-bond acceptors (Lipinski definition) is 4. The van der Waals surface area contributed by atoms with E-state index in [9.17, 15) is 8.42 Å². The molecular weight excluding hydrogens is 276 g/mol. The van der Waals surface area contributed by atoms with Gasteiger partial charge >= 0.3 is 0 Å². The quantitative estimate of drug-likeness (QED) is 0.839. The van der Waals surface area contributed by atoms with Crippen molar-refractivity contribution in [2.24, 2.45) is 5.92 Å². The van der Waals surface area contributed by atoms with Gasteiger partial charge in [-0.1, -0.05) is 26.7 Å². The van der Waals surface area contributed by atoms with Gasteiger partial charge in [-0.05, 0) is 25.2 Å². The van der Waals surface area contributed by atoms with E-state index in [0.717, 1.165) is 32.1 Å². The summed E-state index contributed by atoms with van der Waals surface area (Å²) in [4.78, 5) is 0.105. The Morgan fingerprint density at radius 3 is 2.70 bits per heavy atom. The Morgan fingerprint density at radius 2 is 2.10 bits per heavy atom. The molecule has 0 aromatic carbocycles. The number of aromatic nitrogens is 2. The highest BCUT2D eigenvalue weighted by Gasteiger charge is 2.26. The second-order valence-corrected chi connectivity index (χ2v) is 7.59. The first-order valence-corrected chi connectivity index (χ1v) is 8.73. The standard InChI is InChI=1S/C13H24N4O2S/c1-10(2)7-8-16-20(18,19)12-9-15-17(13(12)14)11-5-3-4-6-11/h9-11,16H,3-8,14H2,1-2H3. The summed E-state index contributed by atoms with van der Waals surface area (Å²) >= 11 is 0. The first kappa shape index (κ1) is 15.3. The molecule has 0 amide bonds. The van der Waals surface area contributed by atoms with Crippen LogP contribution in [-0.4, -0.2) is 24.7 Å². The molecule has 0 atom stereocenters. The van der Waals surface area contributed by atoms with Crippen LogP contribution in [0.2, 0.25) is 0 Å². The van der Waals surface area contributed by atoms with Crippen molar-refractivity contribution < 1.29 is 8.42 Å². The molecule has 114 valence electrons. The smallest absolute Gasteiger partial charge is 0.245 e. The Kier molecular flexibility index (Phi) is 4.70. The molecule has 0 spiro atoms. The fourth-order valence-electron chi connectivity index (χ4n) is 2.56. The molecule has 1 fully saturated rings. The molecule has 0 saturated heterocycles. The van der Waals surface area contributed by atoms with Crippen LogP contribution in [0, 0.1) is 5.92 Å². The second-order valence-electron chi connectivity index (χ2n) is 5.86. The lowest BCUT2D eigenvalue weighted by molar-refractivity contribution is 0.473. The topological polar surface area (TPSA) is 90.0 Å². The Labute approximate surface area is 120 Å². The van der Waals surface area contributed by atoms with E-state index in [1.165, 1.54) is 6.20 Å². The van der Waals surface area contributed by atoms with E-state index in [4.69, 9.17) is 5.73 Å². The molecule has 1 aliphatic carbocycles. The molecule has 1 aromatic heterocycles. The highest BCUT2D eigenvalue weighted by molar-refractivity contribution is 7.89. The first-order chi connectivity index (χ1) is 9.42. The molecule has 1 aromatic rings. The maximum absolute atomic E-state index is 12.2. The van der Waals surface area contributed by atoms with Crippen LogP contribution in [0.5, 0.6) is 0 Å². The molecule has 1 saturated carbocycles. The second kappa shape index (κ2) is 6.13. The van der Waals surface area contributed by atoms with Crippen molar-refractivity contribution in [3.63, 3.8) is 0 Å².